The first kappa shape index (κ1) is 12.5. The molecule has 0 spiro atoms. The Bertz CT molecular complexity index is 463. The minimum absolute atomic E-state index is 0.0141. The molecule has 1 heterocycles. The van der Waals surface area contributed by atoms with Crippen LogP contribution in [0.2, 0.25) is 0 Å². The number of rotatable bonds is 3. The molecule has 5 heteroatoms. The molecule has 1 aromatic carbocycles. The van der Waals surface area contributed by atoms with Crippen molar-refractivity contribution in [3.05, 3.63) is 30.3 Å². The Hall–Kier alpha value is -0.910. The van der Waals surface area contributed by atoms with Gasteiger partial charge in [0.25, 0.3) is 0 Å². The number of hydrogen-bond donors (Lipinski definition) is 1. The van der Waals surface area contributed by atoms with Crippen molar-refractivity contribution >= 4 is 10.0 Å². The summed E-state index contributed by atoms with van der Waals surface area (Å²) in [6, 6.07) is 8.95. The third-order valence-corrected chi connectivity index (χ3v) is 4.80. The van der Waals surface area contributed by atoms with Gasteiger partial charge in [-0.1, -0.05) is 18.2 Å². The van der Waals surface area contributed by atoms with Gasteiger partial charge in [0.15, 0.2) is 0 Å². The quantitative estimate of drug-likeness (QED) is 0.877. The first-order valence-corrected chi connectivity index (χ1v) is 7.25. The maximum Gasteiger partial charge on any atom is 0.240 e. The van der Waals surface area contributed by atoms with E-state index in [-0.39, 0.29) is 6.04 Å². The molecule has 4 nitrogen and oxygen atoms in total. The molecule has 0 amide bonds. The Morgan fingerprint density at radius 2 is 1.94 bits per heavy atom. The SMILES string of the molecule is CC1CC(NS(=O)(=O)c2ccccc2)CN1C. The van der Waals surface area contributed by atoms with Crippen LogP contribution in [0.4, 0.5) is 0 Å². The van der Waals surface area contributed by atoms with Crippen LogP contribution in [0.1, 0.15) is 13.3 Å². The first-order chi connectivity index (χ1) is 7.99. The van der Waals surface area contributed by atoms with Crippen LogP contribution in [-0.2, 0) is 10.0 Å². The average molecular weight is 254 g/mol. The normalized spacial score (nSPS) is 26.2. The molecule has 0 saturated carbocycles. The Morgan fingerprint density at radius 1 is 1.29 bits per heavy atom. The molecule has 2 atom stereocenters. The maximum absolute atomic E-state index is 12.1. The number of benzene rings is 1. The number of hydrogen-bond acceptors (Lipinski definition) is 3. The molecule has 1 aromatic rings. The number of sulfonamides is 1. The summed E-state index contributed by atoms with van der Waals surface area (Å²) in [6.45, 7) is 2.88. The zero-order valence-electron chi connectivity index (χ0n) is 10.1. The Labute approximate surface area is 103 Å². The van der Waals surface area contributed by atoms with Crippen LogP contribution in [0.3, 0.4) is 0 Å². The summed E-state index contributed by atoms with van der Waals surface area (Å²) >= 11 is 0. The fourth-order valence-electron chi connectivity index (χ4n) is 2.17. The van der Waals surface area contributed by atoms with Crippen LogP contribution in [-0.4, -0.2) is 39.0 Å². The predicted molar refractivity (Wildman–Crippen MR) is 67.3 cm³/mol. The van der Waals surface area contributed by atoms with Gasteiger partial charge in [0.2, 0.25) is 10.0 Å². The Morgan fingerprint density at radius 3 is 2.47 bits per heavy atom. The minimum Gasteiger partial charge on any atom is -0.302 e. The van der Waals surface area contributed by atoms with Crippen molar-refractivity contribution in [2.45, 2.75) is 30.3 Å². The van der Waals surface area contributed by atoms with Crippen molar-refractivity contribution in [2.24, 2.45) is 0 Å². The summed E-state index contributed by atoms with van der Waals surface area (Å²) in [4.78, 5) is 2.50. The maximum atomic E-state index is 12.1. The summed E-state index contributed by atoms with van der Waals surface area (Å²) in [5.41, 5.74) is 0. The van der Waals surface area contributed by atoms with Crippen molar-refractivity contribution in [1.82, 2.24) is 9.62 Å². The van der Waals surface area contributed by atoms with Gasteiger partial charge in [-0.15, -0.1) is 0 Å². The summed E-state index contributed by atoms with van der Waals surface area (Å²) in [6.07, 6.45) is 0.864. The zero-order valence-corrected chi connectivity index (χ0v) is 10.9. The largest absolute Gasteiger partial charge is 0.302 e. The Balaban J connectivity index is 2.09. The van der Waals surface area contributed by atoms with Crippen LogP contribution in [0, 0.1) is 0 Å². The molecule has 1 aliphatic heterocycles. The topological polar surface area (TPSA) is 49.4 Å². The minimum atomic E-state index is -3.37. The van der Waals surface area contributed by atoms with Gasteiger partial charge in [-0.25, -0.2) is 13.1 Å². The second-order valence-corrected chi connectivity index (χ2v) is 6.37. The molecular formula is C12H18N2O2S. The molecule has 0 bridgehead atoms. The molecule has 1 saturated heterocycles. The van der Waals surface area contributed by atoms with Crippen LogP contribution in [0.15, 0.2) is 35.2 Å². The third-order valence-electron chi connectivity index (χ3n) is 3.26. The zero-order chi connectivity index (χ0) is 12.5. The van der Waals surface area contributed by atoms with E-state index in [1.54, 1.807) is 24.3 Å². The lowest BCUT2D eigenvalue weighted by Crippen LogP contribution is -2.36. The van der Waals surface area contributed by atoms with Gasteiger partial charge in [0.1, 0.15) is 0 Å². The molecule has 0 radical (unpaired) electrons. The van der Waals surface area contributed by atoms with Gasteiger partial charge in [0.05, 0.1) is 4.90 Å². The van der Waals surface area contributed by atoms with Gasteiger partial charge in [0, 0.05) is 18.6 Å². The molecule has 17 heavy (non-hydrogen) atoms. The number of likely N-dealkylation sites (N-methyl/N-ethyl adjacent to an activating group) is 1. The summed E-state index contributed by atoms with van der Waals surface area (Å²) in [7, 11) is -1.35. The molecule has 0 aromatic heterocycles. The van der Waals surface area contributed by atoms with Crippen molar-refractivity contribution in [3.8, 4) is 0 Å². The van der Waals surface area contributed by atoms with E-state index in [4.69, 9.17) is 0 Å². The number of nitrogens with zero attached hydrogens (tertiary/aromatic N) is 1. The van der Waals surface area contributed by atoms with Gasteiger partial charge < -0.3 is 4.90 Å². The molecule has 2 rings (SSSR count). The number of nitrogens with one attached hydrogen (secondary N) is 1. The second-order valence-electron chi connectivity index (χ2n) is 4.66. The highest BCUT2D eigenvalue weighted by Gasteiger charge is 2.29. The molecule has 1 N–H and O–H groups in total. The smallest absolute Gasteiger partial charge is 0.240 e. The second kappa shape index (κ2) is 4.76. The molecule has 94 valence electrons. The van der Waals surface area contributed by atoms with Gasteiger partial charge in [-0.3, -0.25) is 0 Å². The molecular weight excluding hydrogens is 236 g/mol. The lowest BCUT2D eigenvalue weighted by molar-refractivity contribution is 0.328. The van der Waals surface area contributed by atoms with Crippen LogP contribution >= 0.6 is 0 Å². The van der Waals surface area contributed by atoms with Crippen molar-refractivity contribution in [2.75, 3.05) is 13.6 Å². The lowest BCUT2D eigenvalue weighted by Gasteiger charge is -2.13. The molecule has 2 unspecified atom stereocenters. The van der Waals surface area contributed by atoms with E-state index in [1.165, 1.54) is 0 Å². The first-order valence-electron chi connectivity index (χ1n) is 5.76. The van der Waals surface area contributed by atoms with E-state index in [2.05, 4.69) is 16.5 Å². The van der Waals surface area contributed by atoms with E-state index in [0.29, 0.717) is 10.9 Å². The van der Waals surface area contributed by atoms with E-state index in [0.717, 1.165) is 13.0 Å². The monoisotopic (exact) mass is 254 g/mol. The average Bonchev–Trinajstić information content (AvgIpc) is 2.58. The van der Waals surface area contributed by atoms with E-state index < -0.39 is 10.0 Å². The fraction of sp³-hybridized carbons (Fsp3) is 0.500. The summed E-state index contributed by atoms with van der Waals surface area (Å²) in [5, 5.41) is 0. The van der Waals surface area contributed by atoms with Crippen LogP contribution < -0.4 is 4.72 Å². The van der Waals surface area contributed by atoms with Crippen molar-refractivity contribution in [1.29, 1.82) is 0 Å². The Kier molecular flexibility index (Phi) is 3.51. The van der Waals surface area contributed by atoms with Crippen molar-refractivity contribution < 1.29 is 8.42 Å². The van der Waals surface area contributed by atoms with E-state index in [1.807, 2.05) is 13.1 Å². The van der Waals surface area contributed by atoms with Crippen molar-refractivity contribution in [3.63, 3.8) is 0 Å². The molecule has 0 aliphatic carbocycles. The van der Waals surface area contributed by atoms with Gasteiger partial charge >= 0.3 is 0 Å². The fourth-order valence-corrected chi connectivity index (χ4v) is 3.43. The molecule has 1 fully saturated rings. The standard InChI is InChI=1S/C12H18N2O2S/c1-10-8-11(9-14(10)2)13-17(15,16)12-6-4-3-5-7-12/h3-7,10-11,13H,8-9H2,1-2H3. The lowest BCUT2D eigenvalue weighted by atomic mass is 10.2. The van der Waals surface area contributed by atoms with Crippen LogP contribution in [0.5, 0.6) is 0 Å². The predicted octanol–water partition coefficient (Wildman–Crippen LogP) is 1.06. The highest BCUT2D eigenvalue weighted by atomic mass is 32.2. The van der Waals surface area contributed by atoms with Crippen LogP contribution in [0.25, 0.3) is 0 Å². The van der Waals surface area contributed by atoms with E-state index >= 15 is 0 Å². The highest BCUT2D eigenvalue weighted by molar-refractivity contribution is 7.89. The van der Waals surface area contributed by atoms with E-state index in [9.17, 15) is 8.42 Å². The third kappa shape index (κ3) is 2.86. The number of likely N-dealkylation sites (tertiary alicyclic amines) is 1. The summed E-state index contributed by atoms with van der Waals surface area (Å²) in [5.74, 6) is 0. The summed E-state index contributed by atoms with van der Waals surface area (Å²) < 4.78 is 26.9. The molecule has 1 aliphatic rings. The highest BCUT2D eigenvalue weighted by Crippen LogP contribution is 2.17. The van der Waals surface area contributed by atoms with Gasteiger partial charge in [-0.05, 0) is 32.5 Å². The van der Waals surface area contributed by atoms with Gasteiger partial charge in [-0.2, -0.15) is 0 Å².